The molecule has 1 aromatic carbocycles. The minimum atomic E-state index is -4.28. The smallest absolute Gasteiger partial charge is 0.459 e. The number of ether oxygens (including phenoxy) is 3. The molecule has 1 unspecified atom stereocenters. The lowest BCUT2D eigenvalue weighted by molar-refractivity contribution is -0.149. The number of carbonyl (C=O) groups is 1. The van der Waals surface area contributed by atoms with Crippen LogP contribution in [0.25, 0.3) is 11.2 Å². The second kappa shape index (κ2) is 11.3. The molecule has 5 atom stereocenters. The SMILES string of the molecule is C=C1[C@H](COP(=O)(N[C@@H](C)C(=O)OC(C)C)Oc2cccc3c2OCO3)[C@@H](O)C[C@@H]1n1cnc2c(=O)[nH]c(C)nc21. The maximum atomic E-state index is 14.1. The number of carbonyl (C=O) groups excluding carboxylic acids is 1. The van der Waals surface area contributed by atoms with Crippen molar-refractivity contribution in [2.75, 3.05) is 13.4 Å². The summed E-state index contributed by atoms with van der Waals surface area (Å²) < 4.78 is 43.5. The number of rotatable bonds is 10. The predicted molar refractivity (Wildman–Crippen MR) is 146 cm³/mol. The van der Waals surface area contributed by atoms with Crippen molar-refractivity contribution >= 4 is 24.9 Å². The van der Waals surface area contributed by atoms with Crippen LogP contribution in [0.4, 0.5) is 0 Å². The van der Waals surface area contributed by atoms with Gasteiger partial charge in [-0.1, -0.05) is 12.6 Å². The topological polar surface area (TPSA) is 176 Å². The molecule has 2 aromatic heterocycles. The molecule has 41 heavy (non-hydrogen) atoms. The van der Waals surface area contributed by atoms with Crippen LogP contribution in [0.15, 0.2) is 41.5 Å². The van der Waals surface area contributed by atoms with Gasteiger partial charge < -0.3 is 33.4 Å². The number of aryl methyl sites for hydroxylation is 1. The number of H-pyrrole nitrogens is 1. The van der Waals surface area contributed by atoms with Crippen molar-refractivity contribution in [1.29, 1.82) is 0 Å². The van der Waals surface area contributed by atoms with E-state index in [0.717, 1.165) is 0 Å². The average molecular weight is 590 g/mol. The fraction of sp³-hybridized carbons (Fsp3) is 0.462. The molecule has 1 fully saturated rings. The molecule has 1 saturated carbocycles. The van der Waals surface area contributed by atoms with Gasteiger partial charge in [0, 0.05) is 5.92 Å². The van der Waals surface area contributed by atoms with E-state index >= 15 is 0 Å². The van der Waals surface area contributed by atoms with Gasteiger partial charge in [0.1, 0.15) is 11.9 Å². The van der Waals surface area contributed by atoms with Gasteiger partial charge in [0.15, 0.2) is 22.7 Å². The van der Waals surface area contributed by atoms with Crippen LogP contribution in [0.1, 0.15) is 39.1 Å². The Bertz CT molecular complexity index is 1590. The molecular formula is C26H32N5O9P. The Balaban J connectivity index is 1.37. The Kier molecular flexibility index (Phi) is 7.93. The van der Waals surface area contributed by atoms with E-state index in [1.165, 1.54) is 19.3 Å². The Morgan fingerprint density at radius 2 is 2.12 bits per heavy atom. The van der Waals surface area contributed by atoms with E-state index in [4.69, 9.17) is 23.3 Å². The summed E-state index contributed by atoms with van der Waals surface area (Å²) in [5.74, 6) is -0.173. The highest BCUT2D eigenvalue weighted by Gasteiger charge is 2.42. The molecule has 0 bridgehead atoms. The lowest BCUT2D eigenvalue weighted by atomic mass is 10.0. The van der Waals surface area contributed by atoms with Gasteiger partial charge in [0.2, 0.25) is 12.5 Å². The van der Waals surface area contributed by atoms with E-state index in [9.17, 15) is 19.3 Å². The fourth-order valence-electron chi connectivity index (χ4n) is 4.81. The zero-order valence-electron chi connectivity index (χ0n) is 23.0. The van der Waals surface area contributed by atoms with E-state index in [1.54, 1.807) is 37.5 Å². The van der Waals surface area contributed by atoms with Gasteiger partial charge in [-0.05, 0) is 51.8 Å². The van der Waals surface area contributed by atoms with Gasteiger partial charge in [-0.25, -0.2) is 14.5 Å². The number of aromatic nitrogens is 4. The first-order chi connectivity index (χ1) is 19.5. The summed E-state index contributed by atoms with van der Waals surface area (Å²) in [7, 11) is -4.28. The molecule has 0 amide bonds. The molecule has 220 valence electrons. The highest BCUT2D eigenvalue weighted by atomic mass is 31.2. The van der Waals surface area contributed by atoms with Crippen LogP contribution in [0.2, 0.25) is 0 Å². The van der Waals surface area contributed by atoms with Crippen LogP contribution in [0, 0.1) is 12.8 Å². The summed E-state index contributed by atoms with van der Waals surface area (Å²) in [6.07, 6.45) is 0.396. The van der Waals surface area contributed by atoms with Gasteiger partial charge in [0.05, 0.1) is 31.2 Å². The largest absolute Gasteiger partial charge is 0.462 e. The van der Waals surface area contributed by atoms with Gasteiger partial charge in [-0.3, -0.25) is 14.1 Å². The van der Waals surface area contributed by atoms with E-state index in [0.29, 0.717) is 22.8 Å². The molecule has 3 N–H and O–H groups in total. The minimum absolute atomic E-state index is 0.0376. The first-order valence-electron chi connectivity index (χ1n) is 13.1. The van der Waals surface area contributed by atoms with Crippen LogP contribution in [0.3, 0.4) is 0 Å². The Morgan fingerprint density at radius 1 is 1.34 bits per heavy atom. The summed E-state index contributed by atoms with van der Waals surface area (Å²) in [5, 5.41) is 13.6. The standard InChI is InChI=1S/C26H32N5O9P/c1-13(2)39-26(34)15(4)30-41(35,40-21-8-6-7-20-23(21)37-12-36-20)38-10-17-14(3)18(9-19(17)32)31-11-27-22-24(31)28-16(5)29-25(22)33/h6-8,11,13,15,17-19,32H,3,9-10,12H2,1-2,4-5H3,(H,30,35)(H,28,29,33)/t15-,17-,18-,19-,41?/m0/s1. The quantitative estimate of drug-likeness (QED) is 0.179. The maximum Gasteiger partial charge on any atom is 0.459 e. The Morgan fingerprint density at radius 3 is 2.88 bits per heavy atom. The highest BCUT2D eigenvalue weighted by Crippen LogP contribution is 2.52. The summed E-state index contributed by atoms with van der Waals surface area (Å²) in [5.41, 5.74) is 0.724. The monoisotopic (exact) mass is 589 g/mol. The summed E-state index contributed by atoms with van der Waals surface area (Å²) in [4.78, 5) is 36.0. The third kappa shape index (κ3) is 5.87. The second-order valence-electron chi connectivity index (χ2n) is 10.2. The van der Waals surface area contributed by atoms with Crippen LogP contribution < -0.4 is 24.6 Å². The van der Waals surface area contributed by atoms with Gasteiger partial charge in [-0.15, -0.1) is 0 Å². The zero-order chi connectivity index (χ0) is 29.5. The highest BCUT2D eigenvalue weighted by molar-refractivity contribution is 7.52. The summed E-state index contributed by atoms with van der Waals surface area (Å²) in [6, 6.07) is 3.31. The number of esters is 1. The molecule has 14 nitrogen and oxygen atoms in total. The van der Waals surface area contributed by atoms with Crippen LogP contribution in [0.5, 0.6) is 17.2 Å². The second-order valence-corrected chi connectivity index (χ2v) is 11.9. The number of hydrogen-bond acceptors (Lipinski definition) is 11. The maximum absolute atomic E-state index is 14.1. The molecular weight excluding hydrogens is 557 g/mol. The lowest BCUT2D eigenvalue weighted by Gasteiger charge is -2.26. The number of nitrogens with one attached hydrogen (secondary N) is 2. The van der Waals surface area contributed by atoms with Crippen molar-refractivity contribution < 1.29 is 37.7 Å². The number of para-hydroxylation sites is 1. The van der Waals surface area contributed by atoms with E-state index in [-0.39, 0.29) is 42.4 Å². The third-order valence-corrected chi connectivity index (χ3v) is 8.41. The van der Waals surface area contributed by atoms with Gasteiger partial charge in [-0.2, -0.15) is 5.09 Å². The first-order valence-corrected chi connectivity index (χ1v) is 14.6. The van der Waals surface area contributed by atoms with Crippen LogP contribution in [-0.2, 0) is 18.6 Å². The first kappa shape index (κ1) is 28.8. The number of aromatic amines is 1. The van der Waals surface area contributed by atoms with Crippen molar-refractivity contribution in [1.82, 2.24) is 24.6 Å². The number of nitrogens with zero attached hydrogens (tertiary/aromatic N) is 3. The molecule has 0 spiro atoms. The third-order valence-electron chi connectivity index (χ3n) is 6.78. The van der Waals surface area contributed by atoms with Gasteiger partial charge >= 0.3 is 13.7 Å². The zero-order valence-corrected chi connectivity index (χ0v) is 23.9. The molecule has 0 saturated heterocycles. The molecule has 15 heteroatoms. The van der Waals surface area contributed by atoms with Crippen LogP contribution in [-0.4, -0.2) is 62.2 Å². The molecule has 3 heterocycles. The molecule has 1 aliphatic heterocycles. The fourth-order valence-corrected chi connectivity index (χ4v) is 6.33. The number of hydrogen-bond donors (Lipinski definition) is 3. The van der Waals surface area contributed by atoms with E-state index < -0.39 is 43.9 Å². The Hall–Kier alpha value is -3.71. The molecule has 0 radical (unpaired) electrons. The van der Waals surface area contributed by atoms with Crippen molar-refractivity contribution in [3.05, 3.63) is 52.9 Å². The van der Waals surface area contributed by atoms with Crippen molar-refractivity contribution in [2.24, 2.45) is 5.92 Å². The van der Waals surface area contributed by atoms with E-state index in [1.807, 2.05) is 0 Å². The number of fused-ring (bicyclic) bond motifs is 2. The van der Waals surface area contributed by atoms with Crippen molar-refractivity contribution in [3.63, 3.8) is 0 Å². The van der Waals surface area contributed by atoms with Crippen LogP contribution >= 0.6 is 7.75 Å². The number of imidazole rings is 1. The number of aliphatic hydroxyl groups is 1. The van der Waals surface area contributed by atoms with Gasteiger partial charge in [0.25, 0.3) is 5.56 Å². The Labute approximate surface area is 235 Å². The average Bonchev–Trinajstić information content (AvgIpc) is 3.60. The van der Waals surface area contributed by atoms with E-state index in [2.05, 4.69) is 26.6 Å². The lowest BCUT2D eigenvalue weighted by Crippen LogP contribution is -2.36. The molecule has 1 aliphatic carbocycles. The summed E-state index contributed by atoms with van der Waals surface area (Å²) >= 11 is 0. The minimum Gasteiger partial charge on any atom is -0.462 e. The number of benzene rings is 1. The molecule has 5 rings (SSSR count). The predicted octanol–water partition coefficient (Wildman–Crippen LogP) is 2.77. The summed E-state index contributed by atoms with van der Waals surface area (Å²) in [6.45, 7) is 10.4. The number of aliphatic hydroxyl groups excluding tert-OH is 1. The van der Waals surface area contributed by atoms with Crippen molar-refractivity contribution in [3.8, 4) is 17.2 Å². The molecule has 3 aromatic rings. The normalized spacial score (nSPS) is 22.2. The van der Waals surface area contributed by atoms with Crippen molar-refractivity contribution in [2.45, 2.75) is 58.4 Å². The molecule has 2 aliphatic rings.